The van der Waals surface area contributed by atoms with E-state index in [4.69, 9.17) is 0 Å². The first-order chi connectivity index (χ1) is 10.1. The molecule has 0 atom stereocenters. The lowest BCUT2D eigenvalue weighted by molar-refractivity contribution is -0.116. The van der Waals surface area contributed by atoms with Gasteiger partial charge in [0.2, 0.25) is 5.91 Å². The summed E-state index contributed by atoms with van der Waals surface area (Å²) < 4.78 is 0. The molecule has 1 aromatic carbocycles. The molecule has 0 aliphatic carbocycles. The lowest BCUT2D eigenvalue weighted by Gasteiger charge is -2.35. The van der Waals surface area contributed by atoms with Crippen LogP contribution in [0.15, 0.2) is 24.3 Å². The van der Waals surface area contributed by atoms with Crippen molar-refractivity contribution in [3.63, 3.8) is 0 Å². The summed E-state index contributed by atoms with van der Waals surface area (Å²) >= 11 is 0. The lowest BCUT2D eigenvalue weighted by Crippen LogP contribution is -2.46. The van der Waals surface area contributed by atoms with Crippen LogP contribution in [0.3, 0.4) is 0 Å². The summed E-state index contributed by atoms with van der Waals surface area (Å²) in [6.07, 6.45) is 0.570. The van der Waals surface area contributed by atoms with Gasteiger partial charge in [0.1, 0.15) is 0 Å². The smallest absolute Gasteiger partial charge is 0.224 e. The number of hydrogen-bond donors (Lipinski definition) is 1. The Kier molecular flexibility index (Phi) is 5.62. The highest BCUT2D eigenvalue weighted by Crippen LogP contribution is 2.19. The fraction of sp³-hybridized carbons (Fsp3) is 0.588. The zero-order valence-electron chi connectivity index (χ0n) is 13.4. The lowest BCUT2D eigenvalue weighted by atomic mass is 10.1. The Morgan fingerprint density at radius 1 is 1.14 bits per heavy atom. The van der Waals surface area contributed by atoms with Gasteiger partial charge in [-0.05, 0) is 36.7 Å². The molecule has 1 aromatic rings. The molecule has 1 fully saturated rings. The molecule has 1 amide bonds. The molecule has 0 spiro atoms. The van der Waals surface area contributed by atoms with Gasteiger partial charge < -0.3 is 15.1 Å². The third-order valence-corrected chi connectivity index (χ3v) is 3.93. The Morgan fingerprint density at radius 2 is 1.76 bits per heavy atom. The number of likely N-dealkylation sites (N-methyl/N-ethyl adjacent to an activating group) is 1. The molecule has 0 radical (unpaired) electrons. The van der Waals surface area contributed by atoms with E-state index in [9.17, 15) is 4.79 Å². The van der Waals surface area contributed by atoms with Gasteiger partial charge >= 0.3 is 0 Å². The minimum absolute atomic E-state index is 0.0920. The van der Waals surface area contributed by atoms with Gasteiger partial charge in [-0.1, -0.05) is 20.8 Å². The SMILES string of the molecule is CCN1CCN(c2ccc(NC(=O)CC(C)C)cc2)CC1. The Balaban J connectivity index is 1.89. The molecule has 1 N–H and O–H groups in total. The van der Waals surface area contributed by atoms with Crippen molar-refractivity contribution < 1.29 is 4.79 Å². The van der Waals surface area contributed by atoms with Gasteiger partial charge in [-0.15, -0.1) is 0 Å². The van der Waals surface area contributed by atoms with E-state index in [1.165, 1.54) is 5.69 Å². The van der Waals surface area contributed by atoms with Crippen molar-refractivity contribution in [2.45, 2.75) is 27.2 Å². The molecule has 1 heterocycles. The highest BCUT2D eigenvalue weighted by Gasteiger charge is 2.15. The third kappa shape index (κ3) is 4.74. The second-order valence-electron chi connectivity index (χ2n) is 6.11. The Hall–Kier alpha value is -1.55. The molecule has 4 nitrogen and oxygen atoms in total. The number of nitrogens with one attached hydrogen (secondary N) is 1. The van der Waals surface area contributed by atoms with Crippen LogP contribution in [0.4, 0.5) is 11.4 Å². The number of hydrogen-bond acceptors (Lipinski definition) is 3. The quantitative estimate of drug-likeness (QED) is 0.905. The molecule has 21 heavy (non-hydrogen) atoms. The number of benzene rings is 1. The molecule has 0 bridgehead atoms. The number of carbonyl (C=O) groups excluding carboxylic acids is 1. The van der Waals surface area contributed by atoms with E-state index < -0.39 is 0 Å². The Bertz CT molecular complexity index is 448. The molecule has 1 aliphatic rings. The zero-order chi connectivity index (χ0) is 15.2. The van der Waals surface area contributed by atoms with Crippen LogP contribution in [-0.2, 0) is 4.79 Å². The van der Waals surface area contributed by atoms with Crippen molar-refractivity contribution in [1.29, 1.82) is 0 Å². The van der Waals surface area contributed by atoms with Gasteiger partial charge in [-0.2, -0.15) is 0 Å². The van der Waals surface area contributed by atoms with E-state index in [0.29, 0.717) is 12.3 Å². The Morgan fingerprint density at radius 3 is 2.29 bits per heavy atom. The van der Waals surface area contributed by atoms with Crippen LogP contribution in [0.5, 0.6) is 0 Å². The van der Waals surface area contributed by atoms with Gasteiger partial charge in [-0.25, -0.2) is 0 Å². The van der Waals surface area contributed by atoms with Crippen molar-refractivity contribution >= 4 is 17.3 Å². The van der Waals surface area contributed by atoms with E-state index in [0.717, 1.165) is 38.4 Å². The summed E-state index contributed by atoms with van der Waals surface area (Å²) in [4.78, 5) is 16.6. The summed E-state index contributed by atoms with van der Waals surface area (Å²) in [5.74, 6) is 0.480. The van der Waals surface area contributed by atoms with Crippen LogP contribution in [0.25, 0.3) is 0 Å². The number of carbonyl (C=O) groups is 1. The molecule has 4 heteroatoms. The van der Waals surface area contributed by atoms with E-state index in [1.54, 1.807) is 0 Å². The van der Waals surface area contributed by atoms with Crippen molar-refractivity contribution in [2.24, 2.45) is 5.92 Å². The minimum atomic E-state index is 0.0920. The molecule has 2 rings (SSSR count). The molecule has 0 aromatic heterocycles. The highest BCUT2D eigenvalue weighted by molar-refractivity contribution is 5.90. The predicted molar refractivity (Wildman–Crippen MR) is 88.9 cm³/mol. The van der Waals surface area contributed by atoms with Crippen LogP contribution in [0.1, 0.15) is 27.2 Å². The number of rotatable bonds is 5. The fourth-order valence-corrected chi connectivity index (χ4v) is 2.66. The van der Waals surface area contributed by atoms with Crippen LogP contribution in [-0.4, -0.2) is 43.5 Å². The van der Waals surface area contributed by atoms with E-state index in [-0.39, 0.29) is 5.91 Å². The summed E-state index contributed by atoms with van der Waals surface area (Å²) in [6.45, 7) is 11.9. The molecule has 1 saturated heterocycles. The predicted octanol–water partition coefficient (Wildman–Crippen LogP) is 2.81. The van der Waals surface area contributed by atoms with Gasteiger partial charge in [0, 0.05) is 44.0 Å². The maximum atomic E-state index is 11.8. The largest absolute Gasteiger partial charge is 0.369 e. The third-order valence-electron chi connectivity index (χ3n) is 3.93. The second kappa shape index (κ2) is 7.46. The molecular formula is C17H27N3O. The van der Waals surface area contributed by atoms with E-state index in [1.807, 2.05) is 12.1 Å². The van der Waals surface area contributed by atoms with Crippen LogP contribution in [0.2, 0.25) is 0 Å². The summed E-state index contributed by atoms with van der Waals surface area (Å²) in [6, 6.07) is 8.21. The number of piperazine rings is 1. The number of anilines is 2. The molecular weight excluding hydrogens is 262 g/mol. The zero-order valence-corrected chi connectivity index (χ0v) is 13.4. The van der Waals surface area contributed by atoms with Gasteiger partial charge in [0.05, 0.1) is 0 Å². The average molecular weight is 289 g/mol. The van der Waals surface area contributed by atoms with Gasteiger partial charge in [0.25, 0.3) is 0 Å². The van der Waals surface area contributed by atoms with E-state index >= 15 is 0 Å². The standard InChI is InChI=1S/C17H27N3O/c1-4-19-9-11-20(12-10-19)16-7-5-15(6-8-16)18-17(21)13-14(2)3/h5-8,14H,4,9-13H2,1-3H3,(H,18,21). The topological polar surface area (TPSA) is 35.6 Å². The monoisotopic (exact) mass is 289 g/mol. The van der Waals surface area contributed by atoms with Crippen molar-refractivity contribution in [3.05, 3.63) is 24.3 Å². The molecule has 116 valence electrons. The van der Waals surface area contributed by atoms with E-state index in [2.05, 4.69) is 48.0 Å². The molecule has 0 unspecified atom stereocenters. The van der Waals surface area contributed by atoms with Gasteiger partial charge in [-0.3, -0.25) is 4.79 Å². The highest BCUT2D eigenvalue weighted by atomic mass is 16.1. The normalized spacial score (nSPS) is 16.3. The van der Waals surface area contributed by atoms with Crippen molar-refractivity contribution in [2.75, 3.05) is 42.9 Å². The van der Waals surface area contributed by atoms with Crippen LogP contribution >= 0.6 is 0 Å². The van der Waals surface area contributed by atoms with Crippen molar-refractivity contribution in [3.8, 4) is 0 Å². The molecule has 0 saturated carbocycles. The number of amides is 1. The maximum Gasteiger partial charge on any atom is 0.224 e. The minimum Gasteiger partial charge on any atom is -0.369 e. The second-order valence-corrected chi connectivity index (χ2v) is 6.11. The average Bonchev–Trinajstić information content (AvgIpc) is 2.47. The Labute approximate surface area is 128 Å². The summed E-state index contributed by atoms with van der Waals surface area (Å²) in [5.41, 5.74) is 2.13. The number of nitrogens with zero attached hydrogens (tertiary/aromatic N) is 2. The maximum absolute atomic E-state index is 11.8. The fourth-order valence-electron chi connectivity index (χ4n) is 2.66. The first-order valence-electron chi connectivity index (χ1n) is 7.95. The first kappa shape index (κ1) is 15.8. The summed E-state index contributed by atoms with van der Waals surface area (Å²) in [7, 11) is 0. The first-order valence-corrected chi connectivity index (χ1v) is 7.95. The van der Waals surface area contributed by atoms with Crippen molar-refractivity contribution in [1.82, 2.24) is 4.90 Å². The van der Waals surface area contributed by atoms with Crippen LogP contribution in [0, 0.1) is 5.92 Å². The molecule has 1 aliphatic heterocycles. The van der Waals surface area contributed by atoms with Crippen LogP contribution < -0.4 is 10.2 Å². The summed E-state index contributed by atoms with van der Waals surface area (Å²) in [5, 5.41) is 2.95. The van der Waals surface area contributed by atoms with Gasteiger partial charge in [0.15, 0.2) is 0 Å².